The van der Waals surface area contributed by atoms with E-state index in [4.69, 9.17) is 0 Å². The first-order valence-corrected chi connectivity index (χ1v) is 7.69. The summed E-state index contributed by atoms with van der Waals surface area (Å²) in [4.78, 5) is 28.8. The number of methoxy groups -OCH3 is 1. The SMILES string of the molecule is COC(=O)CCCN(CC(C)C)c1ncc(Br)cc1C=O. The molecule has 0 aliphatic heterocycles. The van der Waals surface area contributed by atoms with Crippen LogP contribution >= 0.6 is 15.9 Å². The lowest BCUT2D eigenvalue weighted by molar-refractivity contribution is -0.140. The van der Waals surface area contributed by atoms with Crippen LogP contribution in [0.4, 0.5) is 5.82 Å². The molecule has 0 saturated carbocycles. The summed E-state index contributed by atoms with van der Waals surface area (Å²) in [6.45, 7) is 5.64. The number of ether oxygens (including phenoxy) is 1. The molecule has 21 heavy (non-hydrogen) atoms. The smallest absolute Gasteiger partial charge is 0.305 e. The first-order valence-electron chi connectivity index (χ1n) is 6.90. The van der Waals surface area contributed by atoms with Gasteiger partial charge in [0, 0.05) is 30.2 Å². The number of carbonyl (C=O) groups excluding carboxylic acids is 2. The quantitative estimate of drug-likeness (QED) is 0.529. The van der Waals surface area contributed by atoms with Crippen molar-refractivity contribution in [2.75, 3.05) is 25.1 Å². The van der Waals surface area contributed by atoms with Gasteiger partial charge in [0.25, 0.3) is 0 Å². The molecule has 0 saturated heterocycles. The largest absolute Gasteiger partial charge is 0.469 e. The minimum atomic E-state index is -0.223. The zero-order valence-corrected chi connectivity index (χ0v) is 14.2. The molecule has 0 spiro atoms. The first kappa shape index (κ1) is 17.6. The van der Waals surface area contributed by atoms with Crippen LogP contribution in [0.5, 0.6) is 0 Å². The minimum absolute atomic E-state index is 0.223. The van der Waals surface area contributed by atoms with Gasteiger partial charge >= 0.3 is 5.97 Å². The Balaban J connectivity index is 2.86. The van der Waals surface area contributed by atoms with E-state index in [1.807, 2.05) is 4.90 Å². The van der Waals surface area contributed by atoms with Gasteiger partial charge in [-0.3, -0.25) is 9.59 Å². The fourth-order valence-electron chi connectivity index (χ4n) is 2.04. The highest BCUT2D eigenvalue weighted by molar-refractivity contribution is 9.10. The summed E-state index contributed by atoms with van der Waals surface area (Å²) in [7, 11) is 1.38. The molecule has 1 aromatic heterocycles. The van der Waals surface area contributed by atoms with Crippen LogP contribution in [0.25, 0.3) is 0 Å². The van der Waals surface area contributed by atoms with Crippen LogP contribution in [-0.4, -0.2) is 37.4 Å². The van der Waals surface area contributed by atoms with Crippen molar-refractivity contribution >= 4 is 34.0 Å². The number of rotatable bonds is 8. The third-order valence-corrected chi connectivity index (χ3v) is 3.34. The summed E-state index contributed by atoms with van der Waals surface area (Å²) >= 11 is 3.32. The molecule has 116 valence electrons. The number of halogens is 1. The molecule has 0 aromatic carbocycles. The van der Waals surface area contributed by atoms with Gasteiger partial charge in [0.1, 0.15) is 5.82 Å². The van der Waals surface area contributed by atoms with Crippen molar-refractivity contribution in [1.29, 1.82) is 0 Å². The van der Waals surface area contributed by atoms with Gasteiger partial charge in [0.05, 0.1) is 12.7 Å². The van der Waals surface area contributed by atoms with Gasteiger partial charge in [0.15, 0.2) is 6.29 Å². The Bertz CT molecular complexity index is 492. The molecular formula is C15H21BrN2O3. The molecule has 0 amide bonds. The summed E-state index contributed by atoms with van der Waals surface area (Å²) in [5.74, 6) is 0.860. The summed E-state index contributed by atoms with van der Waals surface area (Å²) in [6.07, 6.45) is 3.50. The van der Waals surface area contributed by atoms with Gasteiger partial charge in [-0.1, -0.05) is 13.8 Å². The second kappa shape index (κ2) is 8.77. The van der Waals surface area contributed by atoms with E-state index in [0.29, 0.717) is 36.7 Å². The maximum atomic E-state index is 11.2. The Hall–Kier alpha value is -1.43. The number of nitrogens with zero attached hydrogens (tertiary/aromatic N) is 2. The fourth-order valence-corrected chi connectivity index (χ4v) is 2.39. The van der Waals surface area contributed by atoms with Crippen molar-refractivity contribution in [2.24, 2.45) is 5.92 Å². The normalized spacial score (nSPS) is 10.5. The molecule has 0 unspecified atom stereocenters. The van der Waals surface area contributed by atoms with E-state index in [1.54, 1.807) is 12.3 Å². The number of carbonyl (C=O) groups is 2. The van der Waals surface area contributed by atoms with E-state index in [-0.39, 0.29) is 5.97 Å². The Morgan fingerprint density at radius 2 is 2.24 bits per heavy atom. The van der Waals surface area contributed by atoms with Crippen LogP contribution in [0.1, 0.15) is 37.0 Å². The zero-order valence-electron chi connectivity index (χ0n) is 12.6. The Morgan fingerprint density at radius 3 is 2.81 bits per heavy atom. The number of hydrogen-bond donors (Lipinski definition) is 0. The van der Waals surface area contributed by atoms with Crippen molar-refractivity contribution in [1.82, 2.24) is 4.98 Å². The summed E-state index contributed by atoms with van der Waals surface area (Å²) in [5.41, 5.74) is 0.545. The van der Waals surface area contributed by atoms with Crippen molar-refractivity contribution in [2.45, 2.75) is 26.7 Å². The van der Waals surface area contributed by atoms with Gasteiger partial charge in [-0.15, -0.1) is 0 Å². The highest BCUT2D eigenvalue weighted by atomic mass is 79.9. The summed E-state index contributed by atoms with van der Waals surface area (Å²) < 4.78 is 5.41. The third kappa shape index (κ3) is 5.83. The average Bonchev–Trinajstić information content (AvgIpc) is 2.45. The van der Waals surface area contributed by atoms with E-state index in [9.17, 15) is 9.59 Å². The maximum Gasteiger partial charge on any atom is 0.305 e. The Morgan fingerprint density at radius 1 is 1.52 bits per heavy atom. The molecular weight excluding hydrogens is 336 g/mol. The second-order valence-electron chi connectivity index (χ2n) is 5.20. The number of hydrogen-bond acceptors (Lipinski definition) is 5. The van der Waals surface area contributed by atoms with E-state index < -0.39 is 0 Å². The van der Waals surface area contributed by atoms with Gasteiger partial charge < -0.3 is 9.64 Å². The van der Waals surface area contributed by atoms with E-state index in [0.717, 1.165) is 17.3 Å². The highest BCUT2D eigenvalue weighted by Gasteiger charge is 2.15. The molecule has 0 N–H and O–H groups in total. The molecule has 0 radical (unpaired) electrons. The summed E-state index contributed by atoms with van der Waals surface area (Å²) in [5, 5.41) is 0. The second-order valence-corrected chi connectivity index (χ2v) is 6.12. The van der Waals surface area contributed by atoms with Gasteiger partial charge in [-0.05, 0) is 34.3 Å². The molecule has 6 heteroatoms. The van der Waals surface area contributed by atoms with Gasteiger partial charge in [-0.25, -0.2) is 4.98 Å². The predicted molar refractivity (Wildman–Crippen MR) is 85.6 cm³/mol. The molecule has 0 aliphatic carbocycles. The molecule has 1 aromatic rings. The maximum absolute atomic E-state index is 11.2. The molecule has 0 bridgehead atoms. The van der Waals surface area contributed by atoms with Crippen molar-refractivity contribution in [3.8, 4) is 0 Å². The van der Waals surface area contributed by atoms with Crippen LogP contribution in [-0.2, 0) is 9.53 Å². The monoisotopic (exact) mass is 356 g/mol. The minimum Gasteiger partial charge on any atom is -0.469 e. The van der Waals surface area contributed by atoms with Crippen LogP contribution in [0.2, 0.25) is 0 Å². The fraction of sp³-hybridized carbons (Fsp3) is 0.533. The highest BCUT2D eigenvalue weighted by Crippen LogP contribution is 2.21. The topological polar surface area (TPSA) is 59.5 Å². The van der Waals surface area contributed by atoms with Crippen molar-refractivity contribution < 1.29 is 14.3 Å². The number of aromatic nitrogens is 1. The van der Waals surface area contributed by atoms with Crippen molar-refractivity contribution in [3.05, 3.63) is 22.3 Å². The van der Waals surface area contributed by atoms with Gasteiger partial charge in [-0.2, -0.15) is 0 Å². The average molecular weight is 357 g/mol. The number of anilines is 1. The van der Waals surface area contributed by atoms with Crippen LogP contribution in [0, 0.1) is 5.92 Å². The predicted octanol–water partition coefficient (Wildman–Crippen LogP) is 3.07. The first-order chi connectivity index (χ1) is 9.97. The molecule has 1 heterocycles. The lowest BCUT2D eigenvalue weighted by atomic mass is 10.1. The lowest BCUT2D eigenvalue weighted by Gasteiger charge is -2.26. The third-order valence-electron chi connectivity index (χ3n) is 2.91. The van der Waals surface area contributed by atoms with Gasteiger partial charge in [0.2, 0.25) is 0 Å². The Labute approximate surface area is 133 Å². The summed E-state index contributed by atoms with van der Waals surface area (Å²) in [6, 6.07) is 1.75. The van der Waals surface area contributed by atoms with Crippen LogP contribution < -0.4 is 4.90 Å². The standard InChI is InChI=1S/C15H21BrN2O3/c1-11(2)9-18(6-4-5-14(20)21-3)15-12(10-19)7-13(16)8-17-15/h7-8,10-11H,4-6,9H2,1-3H3. The zero-order chi connectivity index (χ0) is 15.8. The molecule has 0 aliphatic rings. The number of aldehydes is 1. The van der Waals surface area contributed by atoms with E-state index >= 15 is 0 Å². The van der Waals surface area contributed by atoms with Crippen LogP contribution in [0.3, 0.4) is 0 Å². The van der Waals surface area contributed by atoms with Crippen LogP contribution in [0.15, 0.2) is 16.7 Å². The molecule has 0 atom stereocenters. The number of esters is 1. The van der Waals surface area contributed by atoms with Crippen molar-refractivity contribution in [3.63, 3.8) is 0 Å². The van der Waals surface area contributed by atoms with E-state index in [1.165, 1.54) is 7.11 Å². The Kier molecular flexibility index (Phi) is 7.36. The number of pyridine rings is 1. The van der Waals surface area contributed by atoms with E-state index in [2.05, 4.69) is 39.5 Å². The lowest BCUT2D eigenvalue weighted by Crippen LogP contribution is -2.30. The molecule has 5 nitrogen and oxygen atoms in total. The molecule has 0 fully saturated rings. The molecule has 1 rings (SSSR count).